The second-order valence-electron chi connectivity index (χ2n) is 5.67. The summed E-state index contributed by atoms with van der Waals surface area (Å²) in [7, 11) is 0. The van der Waals surface area contributed by atoms with E-state index in [1.807, 2.05) is 30.3 Å². The fraction of sp³-hybridized carbons (Fsp3) is 0.105. The topological polar surface area (TPSA) is 85.2 Å². The summed E-state index contributed by atoms with van der Waals surface area (Å²) in [6.07, 6.45) is 2.06. The van der Waals surface area contributed by atoms with Gasteiger partial charge in [-0.1, -0.05) is 18.2 Å². The number of rotatable bonds is 5. The molecule has 1 atom stereocenters. The number of hydrogen-bond acceptors (Lipinski definition) is 4. The first-order chi connectivity index (χ1) is 13.0. The number of hydrogen-bond donors (Lipinski definition) is 2. The van der Waals surface area contributed by atoms with Gasteiger partial charge in [0.05, 0.1) is 17.4 Å². The highest BCUT2D eigenvalue weighted by molar-refractivity contribution is 5.95. The molecule has 8 heteroatoms. The summed E-state index contributed by atoms with van der Waals surface area (Å²) in [5.74, 6) is -1.13. The Labute approximate surface area is 154 Å². The largest absolute Gasteiger partial charge is 0.481 e. The Hall–Kier alpha value is -3.68. The molecular weight excluding hydrogens is 351 g/mol. The smallest absolute Gasteiger partial charge is 0.279 e. The van der Waals surface area contributed by atoms with Crippen LogP contribution in [0.15, 0.2) is 67.0 Å². The number of para-hydroxylation sites is 1. The van der Waals surface area contributed by atoms with Crippen LogP contribution in [-0.2, 0) is 4.79 Å². The van der Waals surface area contributed by atoms with Crippen LogP contribution in [0.4, 0.5) is 4.39 Å². The van der Waals surface area contributed by atoms with Gasteiger partial charge < -0.3 is 4.74 Å². The van der Waals surface area contributed by atoms with Crippen molar-refractivity contribution in [2.24, 2.45) is 0 Å². The number of carbonyl (C=O) groups excluding carboxylic acids is 2. The zero-order chi connectivity index (χ0) is 19.2. The number of carbonyl (C=O) groups is 2. The van der Waals surface area contributed by atoms with Crippen LogP contribution in [0, 0.1) is 5.82 Å². The highest BCUT2D eigenvalue weighted by Crippen LogP contribution is 2.13. The molecule has 3 rings (SSSR count). The SMILES string of the molecule is C[C@@H](Oc1ccc(F)cc1)C(=O)NNC(=O)c1cnn(-c2ccccc2)c1. The van der Waals surface area contributed by atoms with Crippen LogP contribution in [0.3, 0.4) is 0 Å². The lowest BCUT2D eigenvalue weighted by atomic mass is 10.3. The van der Waals surface area contributed by atoms with Crippen molar-refractivity contribution < 1.29 is 18.7 Å². The number of ether oxygens (including phenoxy) is 1. The molecule has 3 aromatic rings. The van der Waals surface area contributed by atoms with Gasteiger partial charge in [0.25, 0.3) is 11.8 Å². The van der Waals surface area contributed by atoms with E-state index in [9.17, 15) is 14.0 Å². The third-order valence-corrected chi connectivity index (χ3v) is 3.66. The summed E-state index contributed by atoms with van der Waals surface area (Å²) in [6.45, 7) is 1.51. The van der Waals surface area contributed by atoms with Crippen molar-refractivity contribution in [2.45, 2.75) is 13.0 Å². The third kappa shape index (κ3) is 4.69. The Morgan fingerprint density at radius 1 is 1.07 bits per heavy atom. The minimum atomic E-state index is -0.886. The lowest BCUT2D eigenvalue weighted by Crippen LogP contribution is -2.47. The first kappa shape index (κ1) is 18.1. The van der Waals surface area contributed by atoms with E-state index in [1.54, 1.807) is 10.9 Å². The number of hydrazine groups is 1. The lowest BCUT2D eigenvalue weighted by molar-refractivity contribution is -0.128. The summed E-state index contributed by atoms with van der Waals surface area (Å²) in [6, 6.07) is 14.6. The number of aromatic nitrogens is 2. The quantitative estimate of drug-likeness (QED) is 0.677. The maximum atomic E-state index is 12.9. The predicted molar refractivity (Wildman–Crippen MR) is 95.7 cm³/mol. The number of halogens is 1. The minimum Gasteiger partial charge on any atom is -0.481 e. The van der Waals surface area contributed by atoms with E-state index in [2.05, 4.69) is 16.0 Å². The Balaban J connectivity index is 1.53. The van der Waals surface area contributed by atoms with Crippen molar-refractivity contribution in [1.82, 2.24) is 20.6 Å². The minimum absolute atomic E-state index is 0.284. The zero-order valence-electron chi connectivity index (χ0n) is 14.4. The first-order valence-corrected chi connectivity index (χ1v) is 8.15. The fourth-order valence-corrected chi connectivity index (χ4v) is 2.22. The monoisotopic (exact) mass is 368 g/mol. The molecule has 0 aliphatic heterocycles. The second kappa shape index (κ2) is 8.13. The fourth-order valence-electron chi connectivity index (χ4n) is 2.22. The summed E-state index contributed by atoms with van der Waals surface area (Å²) in [5.41, 5.74) is 5.69. The van der Waals surface area contributed by atoms with Gasteiger partial charge in [-0.2, -0.15) is 5.10 Å². The van der Waals surface area contributed by atoms with Crippen molar-refractivity contribution in [3.8, 4) is 11.4 Å². The molecule has 0 fully saturated rings. The van der Waals surface area contributed by atoms with Gasteiger partial charge >= 0.3 is 0 Å². The molecule has 0 aliphatic carbocycles. The summed E-state index contributed by atoms with van der Waals surface area (Å²) >= 11 is 0. The predicted octanol–water partition coefficient (Wildman–Crippen LogP) is 2.24. The summed E-state index contributed by atoms with van der Waals surface area (Å²) < 4.78 is 19.8. The Kier molecular flexibility index (Phi) is 5.46. The van der Waals surface area contributed by atoms with Gasteiger partial charge in [0.15, 0.2) is 6.10 Å². The molecule has 0 saturated carbocycles. The van der Waals surface area contributed by atoms with Crippen molar-refractivity contribution in [3.05, 3.63) is 78.4 Å². The van der Waals surface area contributed by atoms with Crippen LogP contribution in [0.5, 0.6) is 5.75 Å². The molecule has 0 aliphatic rings. The molecule has 7 nitrogen and oxygen atoms in total. The van der Waals surface area contributed by atoms with Gasteiger partial charge in [0.1, 0.15) is 11.6 Å². The van der Waals surface area contributed by atoms with E-state index >= 15 is 0 Å². The van der Waals surface area contributed by atoms with Crippen LogP contribution >= 0.6 is 0 Å². The average molecular weight is 368 g/mol. The second-order valence-corrected chi connectivity index (χ2v) is 5.67. The number of amides is 2. The van der Waals surface area contributed by atoms with Gasteiger partial charge in [-0.05, 0) is 43.3 Å². The van der Waals surface area contributed by atoms with E-state index < -0.39 is 23.7 Å². The van der Waals surface area contributed by atoms with Gasteiger partial charge in [-0.3, -0.25) is 20.4 Å². The standard InChI is InChI=1S/C19H17FN4O3/c1-13(27-17-9-7-15(20)8-10-17)18(25)22-23-19(26)14-11-21-24(12-14)16-5-3-2-4-6-16/h2-13H,1H3,(H,22,25)(H,23,26)/t13-/m1/s1. The molecular formula is C19H17FN4O3. The van der Waals surface area contributed by atoms with Crippen LogP contribution in [-0.4, -0.2) is 27.7 Å². The molecule has 1 aromatic heterocycles. The van der Waals surface area contributed by atoms with E-state index in [0.29, 0.717) is 5.75 Å². The Morgan fingerprint density at radius 2 is 1.78 bits per heavy atom. The normalized spacial score (nSPS) is 11.5. The van der Waals surface area contributed by atoms with Crippen LogP contribution < -0.4 is 15.6 Å². The molecule has 0 saturated heterocycles. The van der Waals surface area contributed by atoms with E-state index in [1.165, 1.54) is 37.4 Å². The van der Waals surface area contributed by atoms with Crippen LogP contribution in [0.2, 0.25) is 0 Å². The molecule has 2 aromatic carbocycles. The lowest BCUT2D eigenvalue weighted by Gasteiger charge is -2.14. The summed E-state index contributed by atoms with van der Waals surface area (Å²) in [4.78, 5) is 24.2. The van der Waals surface area contributed by atoms with Crippen LogP contribution in [0.1, 0.15) is 17.3 Å². The van der Waals surface area contributed by atoms with Gasteiger partial charge in [0, 0.05) is 6.20 Å². The van der Waals surface area contributed by atoms with Gasteiger partial charge in [0.2, 0.25) is 0 Å². The van der Waals surface area contributed by atoms with Crippen molar-refractivity contribution in [3.63, 3.8) is 0 Å². The third-order valence-electron chi connectivity index (χ3n) is 3.66. The highest BCUT2D eigenvalue weighted by Gasteiger charge is 2.16. The van der Waals surface area contributed by atoms with Crippen molar-refractivity contribution >= 4 is 11.8 Å². The zero-order valence-corrected chi connectivity index (χ0v) is 14.4. The number of nitrogens with zero attached hydrogens (tertiary/aromatic N) is 2. The maximum Gasteiger partial charge on any atom is 0.279 e. The molecule has 1 heterocycles. The molecule has 2 amide bonds. The van der Waals surface area contributed by atoms with Gasteiger partial charge in [-0.15, -0.1) is 0 Å². The molecule has 0 bridgehead atoms. The Bertz CT molecular complexity index is 926. The first-order valence-electron chi connectivity index (χ1n) is 8.15. The van der Waals surface area contributed by atoms with Crippen LogP contribution in [0.25, 0.3) is 5.69 Å². The molecule has 0 unspecified atom stereocenters. The highest BCUT2D eigenvalue weighted by atomic mass is 19.1. The van der Waals surface area contributed by atoms with Crippen molar-refractivity contribution in [2.75, 3.05) is 0 Å². The number of benzene rings is 2. The van der Waals surface area contributed by atoms with E-state index in [0.717, 1.165) is 5.69 Å². The van der Waals surface area contributed by atoms with Crippen molar-refractivity contribution in [1.29, 1.82) is 0 Å². The molecule has 27 heavy (non-hydrogen) atoms. The molecule has 2 N–H and O–H groups in total. The molecule has 138 valence electrons. The number of nitrogens with one attached hydrogen (secondary N) is 2. The molecule has 0 radical (unpaired) electrons. The molecule has 0 spiro atoms. The maximum absolute atomic E-state index is 12.9. The Morgan fingerprint density at radius 3 is 2.48 bits per heavy atom. The summed E-state index contributed by atoms with van der Waals surface area (Å²) in [5, 5.41) is 4.12. The van der Waals surface area contributed by atoms with E-state index in [4.69, 9.17) is 4.74 Å². The van der Waals surface area contributed by atoms with E-state index in [-0.39, 0.29) is 5.56 Å². The average Bonchev–Trinajstić information content (AvgIpc) is 3.18. The van der Waals surface area contributed by atoms with Gasteiger partial charge in [-0.25, -0.2) is 9.07 Å².